The maximum atomic E-state index is 10.8. The van der Waals surface area contributed by atoms with Gasteiger partial charge >= 0.3 is 0 Å². The summed E-state index contributed by atoms with van der Waals surface area (Å²) in [6, 6.07) is 0. The van der Waals surface area contributed by atoms with Crippen molar-refractivity contribution in [1.29, 1.82) is 0 Å². The highest BCUT2D eigenvalue weighted by Gasteiger charge is 2.38. The lowest BCUT2D eigenvalue weighted by molar-refractivity contribution is 0.233. The number of hydrogen-bond donors (Lipinski definition) is 1. The summed E-state index contributed by atoms with van der Waals surface area (Å²) in [7, 11) is 4.23. The minimum absolute atomic E-state index is 0.00240. The van der Waals surface area contributed by atoms with Gasteiger partial charge in [0, 0.05) is 12.0 Å². The summed E-state index contributed by atoms with van der Waals surface area (Å²) in [4.78, 5) is 2.24. The van der Waals surface area contributed by atoms with Crippen molar-refractivity contribution in [2.24, 2.45) is 16.2 Å². The van der Waals surface area contributed by atoms with E-state index in [1.54, 1.807) is 0 Å². The first-order valence-corrected chi connectivity index (χ1v) is 7.57. The van der Waals surface area contributed by atoms with Crippen molar-refractivity contribution in [3.63, 3.8) is 0 Å². The van der Waals surface area contributed by atoms with Gasteiger partial charge in [-0.3, -0.25) is 0 Å². The fraction of sp³-hybridized carbons (Fsp3) is 0.778. The maximum Gasteiger partial charge on any atom is 0.118 e. The van der Waals surface area contributed by atoms with Crippen molar-refractivity contribution in [3.8, 4) is 0 Å². The molecule has 2 nitrogen and oxygen atoms in total. The van der Waals surface area contributed by atoms with E-state index in [0.717, 1.165) is 18.5 Å². The van der Waals surface area contributed by atoms with Crippen molar-refractivity contribution in [3.05, 3.63) is 23.0 Å². The van der Waals surface area contributed by atoms with E-state index in [1.807, 2.05) is 0 Å². The fourth-order valence-electron chi connectivity index (χ4n) is 3.13. The molecule has 0 radical (unpaired) electrons. The summed E-state index contributed by atoms with van der Waals surface area (Å²) in [5.41, 5.74) is 2.34. The SMILES string of the molecule is CN(C)CC1(C)C=C(C(C)(C)C)C(O)=C(C(C)(C)C)C1. The number of aliphatic hydroxyl groups excluding tert-OH is 1. The van der Waals surface area contributed by atoms with Crippen LogP contribution in [0.15, 0.2) is 23.0 Å². The van der Waals surface area contributed by atoms with Gasteiger partial charge in [-0.05, 0) is 42.5 Å². The van der Waals surface area contributed by atoms with Crippen LogP contribution in [0.5, 0.6) is 0 Å². The number of aliphatic hydroxyl groups is 1. The van der Waals surface area contributed by atoms with Gasteiger partial charge in [0.05, 0.1) is 0 Å². The molecule has 1 atom stereocenters. The molecule has 1 rings (SSSR count). The lowest BCUT2D eigenvalue weighted by atomic mass is 9.66. The fourth-order valence-corrected chi connectivity index (χ4v) is 3.13. The third-order valence-corrected chi connectivity index (χ3v) is 4.01. The molecule has 0 saturated heterocycles. The number of nitrogens with zero attached hydrogens (tertiary/aromatic N) is 1. The molecular formula is C18H33NO. The second-order valence-electron chi connectivity index (χ2n) is 8.95. The first-order valence-electron chi connectivity index (χ1n) is 7.57. The van der Waals surface area contributed by atoms with Crippen molar-refractivity contribution in [2.45, 2.75) is 54.9 Å². The molecular weight excluding hydrogens is 246 g/mol. The van der Waals surface area contributed by atoms with Gasteiger partial charge in [-0.1, -0.05) is 54.5 Å². The molecule has 0 aromatic carbocycles. The quantitative estimate of drug-likeness (QED) is 0.785. The van der Waals surface area contributed by atoms with Gasteiger partial charge in [0.2, 0.25) is 0 Å². The highest BCUT2D eigenvalue weighted by atomic mass is 16.3. The Labute approximate surface area is 125 Å². The Hall–Kier alpha value is -0.760. The smallest absolute Gasteiger partial charge is 0.118 e. The molecule has 1 N–H and O–H groups in total. The standard InChI is InChI=1S/C18H33NO/c1-16(2,3)13-10-18(7,12-19(8)9)11-14(15(13)20)17(4,5)6/h10,20H,11-12H2,1-9H3. The highest BCUT2D eigenvalue weighted by molar-refractivity contribution is 5.42. The molecule has 1 aliphatic carbocycles. The average molecular weight is 279 g/mol. The lowest BCUT2D eigenvalue weighted by Gasteiger charge is -2.41. The monoisotopic (exact) mass is 279 g/mol. The molecule has 1 unspecified atom stereocenters. The van der Waals surface area contributed by atoms with E-state index >= 15 is 0 Å². The van der Waals surface area contributed by atoms with Crippen LogP contribution in [0.3, 0.4) is 0 Å². The minimum Gasteiger partial charge on any atom is -0.508 e. The summed E-state index contributed by atoms with van der Waals surface area (Å²) >= 11 is 0. The van der Waals surface area contributed by atoms with Gasteiger partial charge in [-0.2, -0.15) is 0 Å². The molecule has 0 heterocycles. The Morgan fingerprint density at radius 3 is 1.95 bits per heavy atom. The molecule has 0 amide bonds. The Bertz CT molecular complexity index is 429. The van der Waals surface area contributed by atoms with Gasteiger partial charge < -0.3 is 10.0 Å². The Balaban J connectivity index is 3.38. The van der Waals surface area contributed by atoms with Crippen molar-refractivity contribution >= 4 is 0 Å². The normalized spacial score (nSPS) is 25.2. The Morgan fingerprint density at radius 1 is 1.10 bits per heavy atom. The molecule has 2 heteroatoms. The van der Waals surface area contributed by atoms with Crippen LogP contribution in [-0.2, 0) is 0 Å². The van der Waals surface area contributed by atoms with E-state index in [2.05, 4.69) is 73.5 Å². The van der Waals surface area contributed by atoms with Crippen LogP contribution in [0.2, 0.25) is 0 Å². The van der Waals surface area contributed by atoms with Gasteiger partial charge in [-0.25, -0.2) is 0 Å². The first-order chi connectivity index (χ1) is 8.76. The van der Waals surface area contributed by atoms with Crippen LogP contribution in [0, 0.1) is 16.2 Å². The van der Waals surface area contributed by atoms with E-state index in [4.69, 9.17) is 0 Å². The predicted octanol–water partition coefficient (Wildman–Crippen LogP) is 4.79. The minimum atomic E-state index is -0.0332. The second-order valence-corrected chi connectivity index (χ2v) is 8.95. The summed E-state index contributed by atoms with van der Waals surface area (Å²) in [5.74, 6) is 0.529. The molecule has 0 aromatic rings. The second kappa shape index (κ2) is 5.22. The summed E-state index contributed by atoms with van der Waals surface area (Å²) in [6.45, 7) is 16.4. The lowest BCUT2D eigenvalue weighted by Crippen LogP contribution is -2.36. The maximum absolute atomic E-state index is 10.8. The van der Waals surface area contributed by atoms with Crippen LogP contribution in [-0.4, -0.2) is 30.6 Å². The summed E-state index contributed by atoms with van der Waals surface area (Å²) < 4.78 is 0. The summed E-state index contributed by atoms with van der Waals surface area (Å²) in [6.07, 6.45) is 3.23. The van der Waals surface area contributed by atoms with Crippen LogP contribution >= 0.6 is 0 Å². The van der Waals surface area contributed by atoms with Crippen molar-refractivity contribution < 1.29 is 5.11 Å². The number of hydrogen-bond acceptors (Lipinski definition) is 2. The topological polar surface area (TPSA) is 23.5 Å². The zero-order valence-corrected chi connectivity index (χ0v) is 14.9. The van der Waals surface area contributed by atoms with Gasteiger partial charge in [-0.15, -0.1) is 0 Å². The van der Waals surface area contributed by atoms with Crippen LogP contribution in [0.1, 0.15) is 54.9 Å². The zero-order valence-electron chi connectivity index (χ0n) is 14.9. The Morgan fingerprint density at radius 2 is 1.60 bits per heavy atom. The van der Waals surface area contributed by atoms with Crippen LogP contribution in [0.25, 0.3) is 0 Å². The van der Waals surface area contributed by atoms with Gasteiger partial charge in [0.25, 0.3) is 0 Å². The van der Waals surface area contributed by atoms with Crippen LogP contribution < -0.4 is 0 Å². The Kier molecular flexibility index (Phi) is 4.51. The van der Waals surface area contributed by atoms with Gasteiger partial charge in [0.15, 0.2) is 0 Å². The highest BCUT2D eigenvalue weighted by Crippen LogP contribution is 2.48. The predicted molar refractivity (Wildman–Crippen MR) is 87.9 cm³/mol. The molecule has 0 aliphatic heterocycles. The molecule has 20 heavy (non-hydrogen) atoms. The van der Waals surface area contributed by atoms with Crippen molar-refractivity contribution in [2.75, 3.05) is 20.6 Å². The van der Waals surface area contributed by atoms with E-state index in [9.17, 15) is 5.11 Å². The van der Waals surface area contributed by atoms with E-state index in [0.29, 0.717) is 5.76 Å². The third kappa shape index (κ3) is 3.88. The summed E-state index contributed by atoms with van der Waals surface area (Å²) in [5, 5.41) is 10.8. The first kappa shape index (κ1) is 17.3. The number of allylic oxidation sites excluding steroid dienone is 2. The van der Waals surface area contributed by atoms with Gasteiger partial charge in [0.1, 0.15) is 5.76 Å². The van der Waals surface area contributed by atoms with E-state index < -0.39 is 0 Å². The molecule has 0 bridgehead atoms. The molecule has 0 fully saturated rings. The average Bonchev–Trinajstić information content (AvgIpc) is 2.17. The largest absolute Gasteiger partial charge is 0.508 e. The van der Waals surface area contributed by atoms with Crippen LogP contribution in [0.4, 0.5) is 0 Å². The van der Waals surface area contributed by atoms with E-state index in [1.165, 1.54) is 5.57 Å². The molecule has 0 spiro atoms. The third-order valence-electron chi connectivity index (χ3n) is 4.01. The zero-order chi connectivity index (χ0) is 15.9. The molecule has 116 valence electrons. The molecule has 0 saturated carbocycles. The molecule has 1 aliphatic rings. The molecule has 0 aromatic heterocycles. The number of rotatable bonds is 2. The van der Waals surface area contributed by atoms with E-state index in [-0.39, 0.29) is 16.2 Å². The van der Waals surface area contributed by atoms with Crippen molar-refractivity contribution in [1.82, 2.24) is 4.90 Å².